The molecule has 0 saturated carbocycles. The van der Waals surface area contributed by atoms with Crippen molar-refractivity contribution < 1.29 is 13.9 Å². The maximum Gasteiger partial charge on any atom is 0.310 e. The van der Waals surface area contributed by atoms with E-state index in [4.69, 9.17) is 4.74 Å². The van der Waals surface area contributed by atoms with Crippen LogP contribution < -0.4 is 0 Å². The summed E-state index contributed by atoms with van der Waals surface area (Å²) < 4.78 is 19.4. The summed E-state index contributed by atoms with van der Waals surface area (Å²) >= 11 is 6.46. The van der Waals surface area contributed by atoms with Crippen molar-refractivity contribution in [2.24, 2.45) is 0 Å². The van der Waals surface area contributed by atoms with Crippen LogP contribution in [0.25, 0.3) is 0 Å². The van der Waals surface area contributed by atoms with Gasteiger partial charge in [0.25, 0.3) is 0 Å². The van der Waals surface area contributed by atoms with Gasteiger partial charge in [-0.25, -0.2) is 4.39 Å². The van der Waals surface area contributed by atoms with E-state index in [1.165, 1.54) is 6.07 Å². The highest BCUT2D eigenvalue weighted by Gasteiger charge is 2.14. The summed E-state index contributed by atoms with van der Waals surface area (Å²) in [5, 5.41) is 0. The second kappa shape index (κ2) is 5.61. The van der Waals surface area contributed by atoms with E-state index in [2.05, 4.69) is 31.9 Å². The predicted octanol–water partition coefficient (Wildman–Crippen LogP) is 3.46. The molecule has 15 heavy (non-hydrogen) atoms. The normalized spacial score (nSPS) is 10.1. The largest absolute Gasteiger partial charge is 0.466 e. The number of hydrogen-bond acceptors (Lipinski definition) is 2. The Morgan fingerprint density at radius 3 is 2.73 bits per heavy atom. The minimum atomic E-state index is -0.435. The number of esters is 1. The van der Waals surface area contributed by atoms with Gasteiger partial charge in [0.2, 0.25) is 0 Å². The van der Waals surface area contributed by atoms with E-state index in [1.54, 1.807) is 13.0 Å². The molecule has 0 aliphatic rings. The average Bonchev–Trinajstić information content (AvgIpc) is 2.19. The number of benzene rings is 1. The monoisotopic (exact) mass is 338 g/mol. The minimum Gasteiger partial charge on any atom is -0.466 e. The Hall–Kier alpha value is -0.420. The van der Waals surface area contributed by atoms with Crippen LogP contribution in [0.1, 0.15) is 12.5 Å². The molecule has 82 valence electrons. The molecular formula is C10H9Br2FO2. The maximum atomic E-state index is 13.4. The van der Waals surface area contributed by atoms with Gasteiger partial charge in [-0.3, -0.25) is 4.79 Å². The van der Waals surface area contributed by atoms with Crippen LogP contribution in [0.4, 0.5) is 4.39 Å². The molecule has 2 nitrogen and oxygen atoms in total. The molecule has 0 amide bonds. The number of halogens is 3. The van der Waals surface area contributed by atoms with Gasteiger partial charge < -0.3 is 4.74 Å². The number of hydrogen-bond donors (Lipinski definition) is 0. The van der Waals surface area contributed by atoms with Crippen molar-refractivity contribution in [1.29, 1.82) is 0 Å². The van der Waals surface area contributed by atoms with Gasteiger partial charge in [0, 0.05) is 14.5 Å². The average molecular weight is 340 g/mol. The van der Waals surface area contributed by atoms with E-state index in [9.17, 15) is 9.18 Å². The summed E-state index contributed by atoms with van der Waals surface area (Å²) in [6.07, 6.45) is -0.0697. The Kier molecular flexibility index (Phi) is 4.73. The summed E-state index contributed by atoms with van der Waals surface area (Å²) in [6, 6.07) is 2.89. The van der Waals surface area contributed by atoms with Gasteiger partial charge in [0.15, 0.2) is 0 Å². The molecule has 0 heterocycles. The fourth-order valence-electron chi connectivity index (χ4n) is 1.09. The molecule has 0 aliphatic carbocycles. The van der Waals surface area contributed by atoms with E-state index in [0.717, 1.165) is 0 Å². The molecule has 0 aromatic heterocycles. The Bertz CT molecular complexity index is 380. The third kappa shape index (κ3) is 3.28. The Balaban J connectivity index is 2.93. The third-order valence-electron chi connectivity index (χ3n) is 1.77. The lowest BCUT2D eigenvalue weighted by molar-refractivity contribution is -0.142. The fourth-order valence-corrected chi connectivity index (χ4v) is 1.92. The minimum absolute atomic E-state index is 0.0697. The quantitative estimate of drug-likeness (QED) is 0.622. The van der Waals surface area contributed by atoms with E-state index >= 15 is 0 Å². The number of rotatable bonds is 3. The molecule has 0 atom stereocenters. The molecule has 0 unspecified atom stereocenters. The van der Waals surface area contributed by atoms with Gasteiger partial charge in [-0.2, -0.15) is 0 Å². The highest BCUT2D eigenvalue weighted by atomic mass is 79.9. The Morgan fingerprint density at radius 2 is 2.13 bits per heavy atom. The van der Waals surface area contributed by atoms with Crippen LogP contribution in [0.2, 0.25) is 0 Å². The fraction of sp³-hybridized carbons (Fsp3) is 0.300. The zero-order valence-corrected chi connectivity index (χ0v) is 11.2. The van der Waals surface area contributed by atoms with Crippen LogP contribution in [-0.4, -0.2) is 12.6 Å². The molecule has 0 N–H and O–H groups in total. The van der Waals surface area contributed by atoms with Crippen molar-refractivity contribution >= 4 is 37.8 Å². The molecule has 1 rings (SSSR count). The first-order valence-electron chi connectivity index (χ1n) is 4.34. The second-order valence-corrected chi connectivity index (χ2v) is 4.45. The van der Waals surface area contributed by atoms with Crippen molar-refractivity contribution in [2.45, 2.75) is 13.3 Å². The number of carbonyl (C=O) groups excluding carboxylic acids is 1. The highest BCUT2D eigenvalue weighted by molar-refractivity contribution is 9.13. The molecule has 0 fully saturated rings. The molecule has 0 aliphatic heterocycles. The first-order valence-corrected chi connectivity index (χ1v) is 5.92. The zero-order valence-electron chi connectivity index (χ0n) is 8.02. The summed E-state index contributed by atoms with van der Waals surface area (Å²) in [5.41, 5.74) is 0.308. The van der Waals surface area contributed by atoms with Crippen LogP contribution in [0.15, 0.2) is 21.1 Å². The van der Waals surface area contributed by atoms with Crippen LogP contribution in [0.5, 0.6) is 0 Å². The highest BCUT2D eigenvalue weighted by Crippen LogP contribution is 2.29. The van der Waals surface area contributed by atoms with Crippen molar-refractivity contribution in [1.82, 2.24) is 0 Å². The first kappa shape index (κ1) is 12.6. The van der Waals surface area contributed by atoms with Gasteiger partial charge in [-0.15, -0.1) is 0 Å². The summed E-state index contributed by atoms with van der Waals surface area (Å²) in [5.74, 6) is -0.853. The Morgan fingerprint density at radius 1 is 1.47 bits per heavy atom. The number of carbonyl (C=O) groups is 1. The lowest BCUT2D eigenvalue weighted by Gasteiger charge is -2.07. The van der Waals surface area contributed by atoms with Gasteiger partial charge in [0.05, 0.1) is 13.0 Å². The topological polar surface area (TPSA) is 26.3 Å². The van der Waals surface area contributed by atoms with Crippen LogP contribution in [0.3, 0.4) is 0 Å². The maximum absolute atomic E-state index is 13.4. The molecule has 1 aromatic rings. The first-order chi connectivity index (χ1) is 7.06. The molecule has 0 bridgehead atoms. The lowest BCUT2D eigenvalue weighted by Crippen LogP contribution is -2.09. The van der Waals surface area contributed by atoms with E-state index in [0.29, 0.717) is 21.1 Å². The smallest absolute Gasteiger partial charge is 0.310 e. The molecule has 0 saturated heterocycles. The molecule has 1 aromatic carbocycles. The SMILES string of the molecule is CCOC(=O)Cc1c(F)ccc(Br)c1Br. The summed E-state index contributed by atoms with van der Waals surface area (Å²) in [6.45, 7) is 2.01. The Labute approximate surface area is 104 Å². The molecule has 0 radical (unpaired) electrons. The van der Waals surface area contributed by atoms with Crippen LogP contribution in [-0.2, 0) is 16.0 Å². The van der Waals surface area contributed by atoms with Gasteiger partial charge in [-0.1, -0.05) is 0 Å². The third-order valence-corrected chi connectivity index (χ3v) is 3.86. The van der Waals surface area contributed by atoms with Gasteiger partial charge in [0.1, 0.15) is 5.82 Å². The van der Waals surface area contributed by atoms with Crippen molar-refractivity contribution in [2.75, 3.05) is 6.61 Å². The van der Waals surface area contributed by atoms with Gasteiger partial charge in [-0.05, 0) is 50.9 Å². The zero-order chi connectivity index (χ0) is 11.4. The van der Waals surface area contributed by atoms with Crippen molar-refractivity contribution in [3.05, 3.63) is 32.5 Å². The molecule has 5 heteroatoms. The van der Waals surface area contributed by atoms with E-state index in [1.807, 2.05) is 0 Å². The van der Waals surface area contributed by atoms with Crippen LogP contribution >= 0.6 is 31.9 Å². The lowest BCUT2D eigenvalue weighted by atomic mass is 10.1. The van der Waals surface area contributed by atoms with Gasteiger partial charge >= 0.3 is 5.97 Å². The second-order valence-electron chi connectivity index (χ2n) is 2.80. The summed E-state index contributed by atoms with van der Waals surface area (Å²) in [4.78, 5) is 11.2. The predicted molar refractivity (Wildman–Crippen MR) is 62.1 cm³/mol. The van der Waals surface area contributed by atoms with Crippen molar-refractivity contribution in [3.8, 4) is 0 Å². The van der Waals surface area contributed by atoms with E-state index < -0.39 is 11.8 Å². The van der Waals surface area contributed by atoms with Crippen LogP contribution in [0, 0.1) is 5.82 Å². The summed E-state index contributed by atoms with van der Waals surface area (Å²) in [7, 11) is 0. The number of ether oxygens (including phenoxy) is 1. The molecule has 0 spiro atoms. The van der Waals surface area contributed by atoms with E-state index in [-0.39, 0.29) is 6.42 Å². The molecular weight excluding hydrogens is 331 g/mol. The standard InChI is InChI=1S/C10H9Br2FO2/c1-2-15-9(14)5-6-8(13)4-3-7(11)10(6)12/h3-4H,2,5H2,1H3. The van der Waals surface area contributed by atoms with Crippen molar-refractivity contribution in [3.63, 3.8) is 0 Å².